The summed E-state index contributed by atoms with van der Waals surface area (Å²) in [6, 6.07) is 70.2. The monoisotopic (exact) mass is 650 g/mol. The van der Waals surface area contributed by atoms with Crippen LogP contribution in [0.15, 0.2) is 194 Å². The second-order valence-corrected chi connectivity index (χ2v) is 13.4. The van der Waals surface area contributed by atoms with Crippen molar-refractivity contribution in [2.75, 3.05) is 10.6 Å². The van der Waals surface area contributed by atoms with E-state index in [4.69, 9.17) is 0 Å². The molecule has 10 rings (SSSR count). The molecule has 2 aliphatic rings. The van der Waals surface area contributed by atoms with Crippen LogP contribution >= 0.6 is 0 Å². The van der Waals surface area contributed by atoms with Crippen LogP contribution in [0, 0.1) is 0 Å². The normalized spacial score (nSPS) is 12.9. The highest BCUT2D eigenvalue weighted by molar-refractivity contribution is 6.02. The summed E-state index contributed by atoms with van der Waals surface area (Å²) in [6.45, 7) is 0. The molecule has 0 unspecified atom stereocenters. The predicted molar refractivity (Wildman–Crippen MR) is 213 cm³/mol. The largest absolute Gasteiger partial charge is 0.355 e. The zero-order valence-corrected chi connectivity index (χ0v) is 28.0. The molecule has 0 fully saturated rings. The van der Waals surface area contributed by atoms with E-state index in [1.54, 1.807) is 0 Å². The highest BCUT2D eigenvalue weighted by atomic mass is 14.9. The van der Waals surface area contributed by atoms with Crippen molar-refractivity contribution in [3.63, 3.8) is 0 Å². The number of benzene rings is 8. The molecule has 2 N–H and O–H groups in total. The van der Waals surface area contributed by atoms with Crippen molar-refractivity contribution in [3.8, 4) is 44.5 Å². The van der Waals surface area contributed by atoms with Crippen molar-refractivity contribution in [2.45, 2.75) is 5.41 Å². The van der Waals surface area contributed by atoms with Gasteiger partial charge in [-0.3, -0.25) is 0 Å². The van der Waals surface area contributed by atoms with Crippen LogP contribution in [-0.4, -0.2) is 0 Å². The Balaban J connectivity index is 1.09. The Hall–Kier alpha value is -6.64. The van der Waals surface area contributed by atoms with Crippen molar-refractivity contribution in [3.05, 3.63) is 216 Å². The molecule has 0 saturated carbocycles. The molecule has 0 saturated heterocycles. The van der Waals surface area contributed by atoms with E-state index in [-0.39, 0.29) is 0 Å². The molecule has 0 radical (unpaired) electrons. The average Bonchev–Trinajstić information content (AvgIpc) is 3.68. The van der Waals surface area contributed by atoms with Crippen molar-refractivity contribution >= 4 is 22.7 Å². The first-order valence-electron chi connectivity index (χ1n) is 17.6. The standard InChI is InChI=1S/C49H34N2/c1-3-13-33(14-4-1)35-25-29-37(30-26-35)50-45-23-11-21-43-47(45)39-17-7-9-19-41(39)49(43)42-20-10-8-18-40(42)48-44(49)22-12-24-46(48)51-38-31-27-36(28-32-38)34-15-5-2-6-16-34/h1-32,50-51H. The summed E-state index contributed by atoms with van der Waals surface area (Å²) in [5, 5.41) is 7.65. The molecule has 0 aliphatic heterocycles. The molecule has 0 aromatic heterocycles. The third kappa shape index (κ3) is 4.57. The molecule has 51 heavy (non-hydrogen) atoms. The molecular formula is C49H34N2. The van der Waals surface area contributed by atoms with E-state index >= 15 is 0 Å². The number of hydrogen-bond acceptors (Lipinski definition) is 2. The van der Waals surface area contributed by atoms with Crippen molar-refractivity contribution in [2.24, 2.45) is 0 Å². The van der Waals surface area contributed by atoms with Gasteiger partial charge in [-0.05, 0) is 92.0 Å². The Morgan fingerprint density at radius 2 is 0.627 bits per heavy atom. The van der Waals surface area contributed by atoms with Gasteiger partial charge in [-0.25, -0.2) is 0 Å². The topological polar surface area (TPSA) is 24.1 Å². The molecular weight excluding hydrogens is 617 g/mol. The van der Waals surface area contributed by atoms with E-state index < -0.39 is 5.41 Å². The van der Waals surface area contributed by atoms with E-state index in [9.17, 15) is 0 Å². The van der Waals surface area contributed by atoms with E-state index in [1.807, 2.05) is 0 Å². The first-order chi connectivity index (χ1) is 25.3. The first-order valence-corrected chi connectivity index (χ1v) is 17.6. The van der Waals surface area contributed by atoms with Crippen LogP contribution in [0.4, 0.5) is 22.7 Å². The number of nitrogens with one attached hydrogen (secondary N) is 2. The Bertz CT molecular complexity index is 2370. The minimum Gasteiger partial charge on any atom is -0.355 e. The summed E-state index contributed by atoms with van der Waals surface area (Å²) in [5.74, 6) is 0. The fourth-order valence-corrected chi connectivity index (χ4v) is 8.51. The van der Waals surface area contributed by atoms with Crippen LogP contribution in [0.5, 0.6) is 0 Å². The molecule has 0 bridgehead atoms. The number of fused-ring (bicyclic) bond motifs is 10. The van der Waals surface area contributed by atoms with Gasteiger partial charge in [-0.1, -0.05) is 158 Å². The Labute approximate surface area is 298 Å². The van der Waals surface area contributed by atoms with Gasteiger partial charge >= 0.3 is 0 Å². The molecule has 240 valence electrons. The summed E-state index contributed by atoms with van der Waals surface area (Å²) >= 11 is 0. The molecule has 8 aromatic rings. The van der Waals surface area contributed by atoms with Crippen LogP contribution < -0.4 is 10.6 Å². The van der Waals surface area contributed by atoms with Crippen LogP contribution in [0.1, 0.15) is 22.3 Å². The summed E-state index contributed by atoms with van der Waals surface area (Å²) in [4.78, 5) is 0. The maximum absolute atomic E-state index is 3.83. The Morgan fingerprint density at radius 3 is 1.06 bits per heavy atom. The zero-order chi connectivity index (χ0) is 33.8. The van der Waals surface area contributed by atoms with Crippen molar-refractivity contribution in [1.29, 1.82) is 0 Å². The highest BCUT2D eigenvalue weighted by Gasteiger charge is 2.52. The lowest BCUT2D eigenvalue weighted by atomic mass is 9.70. The van der Waals surface area contributed by atoms with Gasteiger partial charge in [0.1, 0.15) is 0 Å². The third-order valence-electron chi connectivity index (χ3n) is 10.7. The number of anilines is 4. The summed E-state index contributed by atoms with van der Waals surface area (Å²) < 4.78 is 0. The zero-order valence-electron chi connectivity index (χ0n) is 28.0. The molecule has 0 amide bonds. The Morgan fingerprint density at radius 1 is 0.275 bits per heavy atom. The fraction of sp³-hybridized carbons (Fsp3) is 0.0204. The Kier molecular flexibility index (Phi) is 6.75. The third-order valence-corrected chi connectivity index (χ3v) is 10.7. The highest BCUT2D eigenvalue weighted by Crippen LogP contribution is 2.65. The van der Waals surface area contributed by atoms with Crippen LogP contribution in [-0.2, 0) is 5.41 Å². The molecule has 0 atom stereocenters. The van der Waals surface area contributed by atoms with E-state index in [1.165, 1.54) is 66.8 Å². The average molecular weight is 651 g/mol. The number of rotatable bonds is 6. The quantitative estimate of drug-likeness (QED) is 0.187. The van der Waals surface area contributed by atoms with Gasteiger partial charge in [0.2, 0.25) is 0 Å². The van der Waals surface area contributed by atoms with Crippen LogP contribution in [0.3, 0.4) is 0 Å². The van der Waals surface area contributed by atoms with Gasteiger partial charge in [0, 0.05) is 33.9 Å². The lowest BCUT2D eigenvalue weighted by Crippen LogP contribution is -2.25. The van der Waals surface area contributed by atoms with E-state index in [0.717, 1.165) is 22.7 Å². The number of hydrogen-bond donors (Lipinski definition) is 2. The lowest BCUT2D eigenvalue weighted by Gasteiger charge is -2.30. The second-order valence-electron chi connectivity index (χ2n) is 13.4. The van der Waals surface area contributed by atoms with Gasteiger partial charge in [-0.2, -0.15) is 0 Å². The van der Waals surface area contributed by atoms with Gasteiger partial charge < -0.3 is 10.6 Å². The van der Waals surface area contributed by atoms with E-state index in [2.05, 4.69) is 205 Å². The summed E-state index contributed by atoms with van der Waals surface area (Å²) in [7, 11) is 0. The predicted octanol–water partition coefficient (Wildman–Crippen LogP) is 12.9. The van der Waals surface area contributed by atoms with Crippen LogP contribution in [0.2, 0.25) is 0 Å². The maximum atomic E-state index is 3.83. The van der Waals surface area contributed by atoms with Crippen molar-refractivity contribution < 1.29 is 0 Å². The van der Waals surface area contributed by atoms with E-state index in [0.29, 0.717) is 0 Å². The molecule has 2 nitrogen and oxygen atoms in total. The van der Waals surface area contributed by atoms with Gasteiger partial charge in [0.25, 0.3) is 0 Å². The molecule has 2 heteroatoms. The minimum atomic E-state index is -0.443. The maximum Gasteiger partial charge on any atom is 0.0727 e. The van der Waals surface area contributed by atoms with Gasteiger partial charge in [-0.15, -0.1) is 0 Å². The van der Waals surface area contributed by atoms with Gasteiger partial charge in [0.15, 0.2) is 0 Å². The molecule has 8 aromatic carbocycles. The summed E-state index contributed by atoms with van der Waals surface area (Å²) in [6.07, 6.45) is 0. The van der Waals surface area contributed by atoms with Gasteiger partial charge in [0.05, 0.1) is 5.41 Å². The van der Waals surface area contributed by atoms with Crippen LogP contribution in [0.25, 0.3) is 44.5 Å². The molecule has 0 heterocycles. The molecule has 1 spiro atoms. The fourth-order valence-electron chi connectivity index (χ4n) is 8.51. The second kappa shape index (κ2) is 11.8. The lowest BCUT2D eigenvalue weighted by molar-refractivity contribution is 0.794. The van der Waals surface area contributed by atoms with Crippen molar-refractivity contribution in [1.82, 2.24) is 0 Å². The minimum absolute atomic E-state index is 0.443. The molecule has 2 aliphatic carbocycles. The summed E-state index contributed by atoms with van der Waals surface area (Å²) in [5.41, 5.74) is 19.1. The SMILES string of the molecule is c1ccc(-c2ccc(Nc3cccc4c3-c3ccccc3C43c4ccccc4-c4c(Nc5ccc(-c6ccccc6)cc5)cccc43)cc2)cc1. The first kappa shape index (κ1) is 29.3. The smallest absolute Gasteiger partial charge is 0.0727 e.